The molecule has 3 heteroatoms. The maximum atomic E-state index is 12.0. The zero-order valence-corrected chi connectivity index (χ0v) is 10.4. The number of aryl methyl sites for hydroxylation is 2. The number of benzene rings is 1. The number of rotatable bonds is 1. The van der Waals surface area contributed by atoms with Crippen molar-refractivity contribution in [2.24, 2.45) is 5.92 Å². The molecule has 0 amide bonds. The van der Waals surface area contributed by atoms with Crippen LogP contribution in [0.4, 0.5) is 0 Å². The Morgan fingerprint density at radius 2 is 2.00 bits per heavy atom. The molecule has 0 heterocycles. The Hall–Kier alpha value is -1.64. The van der Waals surface area contributed by atoms with Gasteiger partial charge in [0.2, 0.25) is 0 Å². The fourth-order valence-corrected chi connectivity index (χ4v) is 2.50. The first-order valence-electron chi connectivity index (χ1n) is 5.74. The van der Waals surface area contributed by atoms with Gasteiger partial charge in [-0.15, -0.1) is 0 Å². The second-order valence-electron chi connectivity index (χ2n) is 4.66. The van der Waals surface area contributed by atoms with Crippen molar-refractivity contribution in [1.82, 2.24) is 0 Å². The van der Waals surface area contributed by atoms with Gasteiger partial charge in [-0.3, -0.25) is 9.59 Å². The van der Waals surface area contributed by atoms with Crippen molar-refractivity contribution in [2.75, 3.05) is 7.11 Å². The van der Waals surface area contributed by atoms with Crippen LogP contribution in [0, 0.1) is 19.8 Å². The summed E-state index contributed by atoms with van der Waals surface area (Å²) in [5.41, 5.74) is 3.96. The first kappa shape index (κ1) is 11.8. The van der Waals surface area contributed by atoms with Crippen molar-refractivity contribution >= 4 is 11.8 Å². The smallest absolute Gasteiger partial charge is 0.309 e. The number of methoxy groups -OCH3 is 1. The summed E-state index contributed by atoms with van der Waals surface area (Å²) in [6.07, 6.45) is 0.877. The second kappa shape index (κ2) is 4.32. The van der Waals surface area contributed by atoms with Gasteiger partial charge in [0.15, 0.2) is 5.78 Å². The predicted octanol–water partition coefficient (Wildman–Crippen LogP) is 2.22. The number of hydrogen-bond acceptors (Lipinski definition) is 3. The Kier molecular flexibility index (Phi) is 3.01. The Morgan fingerprint density at radius 3 is 2.65 bits per heavy atom. The van der Waals surface area contributed by atoms with Crippen LogP contribution in [0.1, 0.15) is 33.5 Å². The van der Waals surface area contributed by atoms with E-state index in [0.717, 1.165) is 22.3 Å². The van der Waals surface area contributed by atoms with Gasteiger partial charge >= 0.3 is 5.97 Å². The minimum Gasteiger partial charge on any atom is -0.469 e. The van der Waals surface area contributed by atoms with E-state index < -0.39 is 0 Å². The lowest BCUT2D eigenvalue weighted by atomic mass is 9.80. The maximum Gasteiger partial charge on any atom is 0.309 e. The SMILES string of the molecule is COC(=O)C1CC(=O)c2cc(C)cc(C)c2C1. The van der Waals surface area contributed by atoms with E-state index in [9.17, 15) is 9.59 Å². The molecule has 1 aliphatic rings. The summed E-state index contributed by atoms with van der Waals surface area (Å²) in [5.74, 6) is -0.557. The molecule has 90 valence electrons. The molecule has 1 atom stereocenters. The summed E-state index contributed by atoms with van der Waals surface area (Å²) in [4.78, 5) is 23.5. The van der Waals surface area contributed by atoms with E-state index in [-0.39, 0.29) is 24.1 Å². The van der Waals surface area contributed by atoms with Gasteiger partial charge in [-0.1, -0.05) is 11.6 Å². The number of Topliss-reactive ketones (excluding diaryl/α,β-unsaturated/α-hetero) is 1. The summed E-state index contributed by atoms with van der Waals surface area (Å²) >= 11 is 0. The molecule has 0 spiro atoms. The molecule has 0 aromatic heterocycles. The van der Waals surface area contributed by atoms with Crippen molar-refractivity contribution in [3.05, 3.63) is 34.4 Å². The van der Waals surface area contributed by atoms with E-state index in [1.165, 1.54) is 7.11 Å². The summed E-state index contributed by atoms with van der Waals surface area (Å²) in [6.45, 7) is 3.96. The molecule has 0 saturated carbocycles. The number of hydrogen-bond donors (Lipinski definition) is 0. The molecule has 1 aromatic rings. The molecule has 0 fully saturated rings. The van der Waals surface area contributed by atoms with E-state index in [1.807, 2.05) is 26.0 Å². The van der Waals surface area contributed by atoms with E-state index in [2.05, 4.69) is 0 Å². The highest BCUT2D eigenvalue weighted by Gasteiger charge is 2.31. The number of esters is 1. The van der Waals surface area contributed by atoms with Crippen LogP contribution in [0.3, 0.4) is 0 Å². The highest BCUT2D eigenvalue weighted by Crippen LogP contribution is 2.29. The number of carbonyl (C=O) groups excluding carboxylic acids is 2. The third kappa shape index (κ3) is 2.09. The average molecular weight is 232 g/mol. The lowest BCUT2D eigenvalue weighted by Crippen LogP contribution is -2.28. The zero-order valence-electron chi connectivity index (χ0n) is 10.4. The van der Waals surface area contributed by atoms with Crippen molar-refractivity contribution in [2.45, 2.75) is 26.7 Å². The van der Waals surface area contributed by atoms with Crippen LogP contribution in [0.15, 0.2) is 12.1 Å². The van der Waals surface area contributed by atoms with Crippen molar-refractivity contribution in [3.63, 3.8) is 0 Å². The van der Waals surface area contributed by atoms with Gasteiger partial charge in [-0.25, -0.2) is 0 Å². The van der Waals surface area contributed by atoms with Crippen LogP contribution in [0.5, 0.6) is 0 Å². The quantitative estimate of drug-likeness (QED) is 0.697. The van der Waals surface area contributed by atoms with Crippen LogP contribution in [0.25, 0.3) is 0 Å². The molecule has 1 aromatic carbocycles. The first-order chi connectivity index (χ1) is 8.02. The molecule has 1 unspecified atom stereocenters. The number of carbonyl (C=O) groups is 2. The van der Waals surface area contributed by atoms with Crippen LogP contribution in [-0.2, 0) is 16.0 Å². The predicted molar refractivity (Wildman–Crippen MR) is 64.1 cm³/mol. The third-order valence-electron chi connectivity index (χ3n) is 3.33. The average Bonchev–Trinajstić information content (AvgIpc) is 2.29. The van der Waals surface area contributed by atoms with Crippen LogP contribution >= 0.6 is 0 Å². The lowest BCUT2D eigenvalue weighted by molar-refractivity contribution is -0.145. The van der Waals surface area contributed by atoms with Gasteiger partial charge in [-0.05, 0) is 37.5 Å². The van der Waals surface area contributed by atoms with Gasteiger partial charge in [0.1, 0.15) is 0 Å². The minimum atomic E-state index is -0.318. The van der Waals surface area contributed by atoms with Crippen LogP contribution in [0.2, 0.25) is 0 Å². The lowest BCUT2D eigenvalue weighted by Gasteiger charge is -2.23. The standard InChI is InChI=1S/C14H16O3/c1-8-4-9(2)11-6-10(14(16)17-3)7-13(15)12(11)5-8/h4-5,10H,6-7H2,1-3H3. The fraction of sp³-hybridized carbons (Fsp3) is 0.429. The molecular weight excluding hydrogens is 216 g/mol. The van der Waals surface area contributed by atoms with Crippen molar-refractivity contribution in [1.29, 1.82) is 0 Å². The van der Waals surface area contributed by atoms with Crippen LogP contribution in [-0.4, -0.2) is 18.9 Å². The zero-order chi connectivity index (χ0) is 12.6. The molecule has 0 radical (unpaired) electrons. The highest BCUT2D eigenvalue weighted by molar-refractivity contribution is 6.01. The summed E-state index contributed by atoms with van der Waals surface area (Å²) < 4.78 is 4.73. The summed E-state index contributed by atoms with van der Waals surface area (Å²) in [7, 11) is 1.37. The molecule has 17 heavy (non-hydrogen) atoms. The Labute approximate surface area is 101 Å². The van der Waals surface area contributed by atoms with Crippen molar-refractivity contribution in [3.8, 4) is 0 Å². The molecular formula is C14H16O3. The van der Waals surface area contributed by atoms with E-state index in [0.29, 0.717) is 6.42 Å². The topological polar surface area (TPSA) is 43.4 Å². The second-order valence-corrected chi connectivity index (χ2v) is 4.66. The van der Waals surface area contributed by atoms with Gasteiger partial charge in [0.25, 0.3) is 0 Å². The van der Waals surface area contributed by atoms with E-state index in [4.69, 9.17) is 4.74 Å². The molecule has 1 aliphatic carbocycles. The summed E-state index contributed by atoms with van der Waals surface area (Å²) in [6, 6.07) is 3.96. The third-order valence-corrected chi connectivity index (χ3v) is 3.33. The number of ether oxygens (including phenoxy) is 1. The Balaban J connectivity index is 2.43. The highest BCUT2D eigenvalue weighted by atomic mass is 16.5. The van der Waals surface area contributed by atoms with Gasteiger partial charge < -0.3 is 4.74 Å². The summed E-state index contributed by atoms with van der Waals surface area (Å²) in [5, 5.41) is 0. The van der Waals surface area contributed by atoms with E-state index >= 15 is 0 Å². The first-order valence-corrected chi connectivity index (χ1v) is 5.74. The molecule has 0 bridgehead atoms. The molecule has 0 aliphatic heterocycles. The van der Waals surface area contributed by atoms with Gasteiger partial charge in [-0.2, -0.15) is 0 Å². The van der Waals surface area contributed by atoms with Gasteiger partial charge in [0.05, 0.1) is 13.0 Å². The molecule has 2 rings (SSSR count). The van der Waals surface area contributed by atoms with E-state index in [1.54, 1.807) is 0 Å². The van der Waals surface area contributed by atoms with Crippen molar-refractivity contribution < 1.29 is 14.3 Å². The van der Waals surface area contributed by atoms with Crippen LogP contribution < -0.4 is 0 Å². The van der Waals surface area contributed by atoms with Gasteiger partial charge in [0, 0.05) is 12.0 Å². The maximum absolute atomic E-state index is 12.0. The number of fused-ring (bicyclic) bond motifs is 1. The Bertz CT molecular complexity index is 488. The molecule has 0 saturated heterocycles. The molecule has 3 nitrogen and oxygen atoms in total. The minimum absolute atomic E-state index is 0.0495. The monoisotopic (exact) mass is 232 g/mol. The normalized spacial score (nSPS) is 18.8. The fourth-order valence-electron chi connectivity index (χ4n) is 2.50. The number of ketones is 1. The molecule has 0 N–H and O–H groups in total. The Morgan fingerprint density at radius 1 is 1.29 bits per heavy atom. The largest absolute Gasteiger partial charge is 0.469 e.